The van der Waals surface area contributed by atoms with Crippen LogP contribution in [0, 0.1) is 5.92 Å². The Morgan fingerprint density at radius 3 is 2.74 bits per heavy atom. The normalized spacial score (nSPS) is 20.8. The fourth-order valence-electron chi connectivity index (χ4n) is 2.52. The van der Waals surface area contributed by atoms with Gasteiger partial charge in [-0.1, -0.05) is 31.2 Å². The Bertz CT molecular complexity index is 530. The Hall–Kier alpha value is -0.580. The molecule has 0 radical (unpaired) electrons. The van der Waals surface area contributed by atoms with E-state index in [1.165, 1.54) is 11.1 Å². The van der Waals surface area contributed by atoms with Crippen molar-refractivity contribution >= 4 is 21.6 Å². The Morgan fingerprint density at radius 2 is 2.05 bits per heavy atom. The molecular formula is C14H20ClNO2S. The number of halogens is 1. The molecule has 1 aliphatic carbocycles. The topological polar surface area (TPSA) is 46.2 Å². The van der Waals surface area contributed by atoms with Crippen molar-refractivity contribution < 1.29 is 8.42 Å². The Balaban J connectivity index is 1.99. The average molecular weight is 302 g/mol. The molecule has 2 rings (SSSR count). The van der Waals surface area contributed by atoms with Crippen molar-refractivity contribution in [3.8, 4) is 0 Å². The van der Waals surface area contributed by atoms with Crippen LogP contribution in [0.5, 0.6) is 0 Å². The lowest BCUT2D eigenvalue weighted by molar-refractivity contribution is 0.503. The first-order chi connectivity index (χ1) is 9.00. The minimum absolute atomic E-state index is 0.0161. The predicted molar refractivity (Wildman–Crippen MR) is 79.1 cm³/mol. The number of nitrogens with one attached hydrogen (secondary N) is 1. The number of sulfonamides is 1. The molecule has 0 spiro atoms. The van der Waals surface area contributed by atoms with Crippen LogP contribution >= 0.6 is 11.6 Å². The molecule has 106 valence electrons. The van der Waals surface area contributed by atoms with Crippen LogP contribution in [0.15, 0.2) is 24.3 Å². The highest BCUT2D eigenvalue weighted by Crippen LogP contribution is 2.21. The van der Waals surface area contributed by atoms with E-state index in [0.29, 0.717) is 5.88 Å². The lowest BCUT2D eigenvalue weighted by Crippen LogP contribution is -2.41. The Kier molecular flexibility index (Phi) is 4.87. The maximum Gasteiger partial charge on any atom is 0.212 e. The first kappa shape index (κ1) is 14.8. The molecule has 1 N–H and O–H groups in total. The number of hydrogen-bond donors (Lipinski definition) is 1. The van der Waals surface area contributed by atoms with Crippen LogP contribution in [-0.4, -0.2) is 26.1 Å². The summed E-state index contributed by atoms with van der Waals surface area (Å²) in [5, 5.41) is 0. The van der Waals surface area contributed by atoms with E-state index in [2.05, 4.69) is 16.9 Å². The molecule has 1 aromatic carbocycles. The number of benzene rings is 1. The van der Waals surface area contributed by atoms with Gasteiger partial charge < -0.3 is 0 Å². The van der Waals surface area contributed by atoms with Crippen molar-refractivity contribution in [3.63, 3.8) is 0 Å². The fourth-order valence-corrected chi connectivity index (χ4v) is 4.43. The maximum absolute atomic E-state index is 12.0. The van der Waals surface area contributed by atoms with Crippen LogP contribution in [0.4, 0.5) is 0 Å². The van der Waals surface area contributed by atoms with Crippen molar-refractivity contribution in [2.24, 2.45) is 5.92 Å². The van der Waals surface area contributed by atoms with E-state index >= 15 is 0 Å². The molecule has 0 aliphatic heterocycles. The molecule has 0 fully saturated rings. The highest BCUT2D eigenvalue weighted by atomic mass is 35.5. The van der Waals surface area contributed by atoms with Crippen LogP contribution in [0.2, 0.25) is 0 Å². The standard InChI is InChI=1S/C14H20ClNO2S/c1-11(9-15)10-19(17,18)16-14-7-6-12-4-2-3-5-13(12)8-14/h2-5,11,14,16H,6-10H2,1H3. The third-order valence-corrected chi connectivity index (χ3v) is 5.69. The van der Waals surface area contributed by atoms with Crippen molar-refractivity contribution in [2.75, 3.05) is 11.6 Å². The summed E-state index contributed by atoms with van der Waals surface area (Å²) in [5.74, 6) is 0.457. The zero-order valence-electron chi connectivity index (χ0n) is 11.1. The van der Waals surface area contributed by atoms with Crippen LogP contribution in [0.3, 0.4) is 0 Å². The Labute approximate surface area is 120 Å². The Morgan fingerprint density at radius 1 is 1.37 bits per heavy atom. The SMILES string of the molecule is CC(CCl)CS(=O)(=O)NC1CCc2ccccc2C1. The van der Waals surface area contributed by atoms with Gasteiger partial charge in [-0.15, -0.1) is 11.6 Å². The van der Waals surface area contributed by atoms with E-state index in [0.717, 1.165) is 19.3 Å². The summed E-state index contributed by atoms with van der Waals surface area (Å²) in [4.78, 5) is 0. The molecule has 0 amide bonds. The van der Waals surface area contributed by atoms with Crippen molar-refractivity contribution in [1.82, 2.24) is 4.72 Å². The zero-order valence-corrected chi connectivity index (χ0v) is 12.7. The van der Waals surface area contributed by atoms with Crippen molar-refractivity contribution in [3.05, 3.63) is 35.4 Å². The summed E-state index contributed by atoms with van der Waals surface area (Å²) >= 11 is 5.68. The minimum atomic E-state index is -3.23. The molecule has 3 nitrogen and oxygen atoms in total. The summed E-state index contributed by atoms with van der Waals surface area (Å²) < 4.78 is 26.8. The van der Waals surface area contributed by atoms with Gasteiger partial charge >= 0.3 is 0 Å². The van der Waals surface area contributed by atoms with Gasteiger partial charge in [-0.2, -0.15) is 0 Å². The van der Waals surface area contributed by atoms with Gasteiger partial charge in [-0.05, 0) is 36.3 Å². The van der Waals surface area contributed by atoms with Gasteiger partial charge in [0, 0.05) is 11.9 Å². The summed E-state index contributed by atoms with van der Waals surface area (Å²) in [7, 11) is -3.23. The third kappa shape index (κ3) is 4.20. The van der Waals surface area contributed by atoms with Gasteiger partial charge in [0.15, 0.2) is 0 Å². The summed E-state index contributed by atoms with van der Waals surface area (Å²) in [6.07, 6.45) is 2.59. The predicted octanol–water partition coefficient (Wildman–Crippen LogP) is 2.34. The van der Waals surface area contributed by atoms with Crippen LogP contribution < -0.4 is 4.72 Å². The highest BCUT2D eigenvalue weighted by molar-refractivity contribution is 7.89. The molecule has 0 bridgehead atoms. The summed E-state index contributed by atoms with van der Waals surface area (Å²) in [5.41, 5.74) is 2.60. The number of alkyl halides is 1. The molecule has 0 heterocycles. The fraction of sp³-hybridized carbons (Fsp3) is 0.571. The molecule has 19 heavy (non-hydrogen) atoms. The zero-order chi connectivity index (χ0) is 13.9. The lowest BCUT2D eigenvalue weighted by Gasteiger charge is -2.25. The van der Waals surface area contributed by atoms with Gasteiger partial charge in [0.25, 0.3) is 0 Å². The van der Waals surface area contributed by atoms with Gasteiger partial charge in [-0.25, -0.2) is 13.1 Å². The molecule has 1 aliphatic rings. The summed E-state index contributed by atoms with van der Waals surface area (Å²) in [6.45, 7) is 1.85. The molecule has 2 unspecified atom stereocenters. The smallest absolute Gasteiger partial charge is 0.212 e. The summed E-state index contributed by atoms with van der Waals surface area (Å²) in [6, 6.07) is 8.26. The molecule has 5 heteroatoms. The average Bonchev–Trinajstić information content (AvgIpc) is 2.37. The number of fused-ring (bicyclic) bond motifs is 1. The third-order valence-electron chi connectivity index (χ3n) is 3.46. The van der Waals surface area contributed by atoms with Crippen LogP contribution in [0.25, 0.3) is 0 Å². The second kappa shape index (κ2) is 6.25. The van der Waals surface area contributed by atoms with E-state index in [9.17, 15) is 8.42 Å². The molecule has 1 aromatic rings. The number of aryl methyl sites for hydroxylation is 1. The number of rotatable bonds is 5. The van der Waals surface area contributed by atoms with E-state index < -0.39 is 10.0 Å². The van der Waals surface area contributed by atoms with Crippen molar-refractivity contribution in [1.29, 1.82) is 0 Å². The van der Waals surface area contributed by atoms with E-state index in [1.807, 2.05) is 19.1 Å². The van der Waals surface area contributed by atoms with E-state index in [4.69, 9.17) is 11.6 Å². The van der Waals surface area contributed by atoms with E-state index in [1.54, 1.807) is 0 Å². The highest BCUT2D eigenvalue weighted by Gasteiger charge is 2.24. The van der Waals surface area contributed by atoms with Crippen LogP contribution in [0.1, 0.15) is 24.5 Å². The quantitative estimate of drug-likeness (QED) is 0.849. The monoisotopic (exact) mass is 301 g/mol. The minimum Gasteiger partial charge on any atom is -0.212 e. The van der Waals surface area contributed by atoms with Crippen LogP contribution in [-0.2, 0) is 22.9 Å². The largest absolute Gasteiger partial charge is 0.212 e. The molecule has 2 atom stereocenters. The van der Waals surface area contributed by atoms with Gasteiger partial charge in [-0.3, -0.25) is 0 Å². The number of hydrogen-bond acceptors (Lipinski definition) is 2. The first-order valence-corrected chi connectivity index (χ1v) is 8.81. The first-order valence-electron chi connectivity index (χ1n) is 6.63. The van der Waals surface area contributed by atoms with Crippen molar-refractivity contribution in [2.45, 2.75) is 32.2 Å². The molecule has 0 saturated carbocycles. The van der Waals surface area contributed by atoms with E-state index in [-0.39, 0.29) is 17.7 Å². The lowest BCUT2D eigenvalue weighted by atomic mass is 9.89. The molecule has 0 aromatic heterocycles. The second-order valence-electron chi connectivity index (χ2n) is 5.37. The van der Waals surface area contributed by atoms with Gasteiger partial charge in [0.2, 0.25) is 10.0 Å². The second-order valence-corrected chi connectivity index (χ2v) is 7.47. The van der Waals surface area contributed by atoms with Gasteiger partial charge in [0.05, 0.1) is 5.75 Å². The van der Waals surface area contributed by atoms with Gasteiger partial charge in [0.1, 0.15) is 0 Å². The maximum atomic E-state index is 12.0. The molecular weight excluding hydrogens is 282 g/mol. The molecule has 0 saturated heterocycles.